The molecular formula is C25H23N5O. The molecule has 0 radical (unpaired) electrons. The van der Waals surface area contributed by atoms with Crippen LogP contribution in [0.5, 0.6) is 0 Å². The zero-order valence-electron chi connectivity index (χ0n) is 17.7. The molecule has 2 aromatic carbocycles. The van der Waals surface area contributed by atoms with Gasteiger partial charge in [0.15, 0.2) is 5.65 Å². The Kier molecular flexibility index (Phi) is 4.59. The molecule has 0 aliphatic carbocycles. The van der Waals surface area contributed by atoms with Gasteiger partial charge >= 0.3 is 0 Å². The molecular weight excluding hydrogens is 386 g/mol. The van der Waals surface area contributed by atoms with E-state index in [0.717, 1.165) is 46.6 Å². The number of nitrogens with zero attached hydrogens (tertiary/aromatic N) is 5. The molecule has 0 spiro atoms. The second kappa shape index (κ2) is 7.44. The van der Waals surface area contributed by atoms with Gasteiger partial charge in [-0.05, 0) is 49.7 Å². The molecule has 0 unspecified atom stereocenters. The number of pyridine rings is 1. The number of rotatable bonds is 2. The summed E-state index contributed by atoms with van der Waals surface area (Å²) in [7, 11) is 0. The van der Waals surface area contributed by atoms with Crippen LogP contribution >= 0.6 is 0 Å². The van der Waals surface area contributed by atoms with Gasteiger partial charge in [0, 0.05) is 31.7 Å². The van der Waals surface area contributed by atoms with E-state index in [1.165, 1.54) is 0 Å². The van der Waals surface area contributed by atoms with Gasteiger partial charge in [0.05, 0.1) is 16.6 Å². The first kappa shape index (κ1) is 19.1. The summed E-state index contributed by atoms with van der Waals surface area (Å²) in [5.41, 5.74) is 5.91. The molecule has 1 saturated heterocycles. The first-order valence-corrected chi connectivity index (χ1v) is 10.5. The molecule has 0 atom stereocenters. The third kappa shape index (κ3) is 3.19. The number of anilines is 1. The van der Waals surface area contributed by atoms with E-state index in [2.05, 4.69) is 21.4 Å². The van der Waals surface area contributed by atoms with Crippen molar-refractivity contribution in [3.8, 4) is 6.07 Å². The lowest BCUT2D eigenvalue weighted by Crippen LogP contribution is -2.49. The lowest BCUT2D eigenvalue weighted by molar-refractivity contribution is 0.0746. The maximum absolute atomic E-state index is 12.9. The molecule has 2 aromatic heterocycles. The number of hydrogen-bond donors (Lipinski definition) is 0. The van der Waals surface area contributed by atoms with Crippen LogP contribution in [-0.4, -0.2) is 46.4 Å². The lowest BCUT2D eigenvalue weighted by Gasteiger charge is -2.36. The Morgan fingerprint density at radius 1 is 1.00 bits per heavy atom. The third-order valence-corrected chi connectivity index (χ3v) is 6.02. The van der Waals surface area contributed by atoms with Crippen LogP contribution in [0.3, 0.4) is 0 Å². The second-order valence-electron chi connectivity index (χ2n) is 8.08. The largest absolute Gasteiger partial charge is 0.354 e. The van der Waals surface area contributed by atoms with E-state index < -0.39 is 0 Å². The van der Waals surface area contributed by atoms with Crippen LogP contribution in [0.2, 0.25) is 0 Å². The molecule has 1 fully saturated rings. The van der Waals surface area contributed by atoms with E-state index in [0.29, 0.717) is 24.3 Å². The van der Waals surface area contributed by atoms with Crippen molar-refractivity contribution in [2.24, 2.45) is 0 Å². The molecule has 0 saturated carbocycles. The summed E-state index contributed by atoms with van der Waals surface area (Å²) in [5.74, 6) is 1.10. The van der Waals surface area contributed by atoms with E-state index in [9.17, 15) is 10.1 Å². The van der Waals surface area contributed by atoms with Gasteiger partial charge in [0.25, 0.3) is 5.91 Å². The van der Waals surface area contributed by atoms with Gasteiger partial charge in [-0.3, -0.25) is 9.20 Å². The van der Waals surface area contributed by atoms with Crippen molar-refractivity contribution in [2.75, 3.05) is 31.1 Å². The Morgan fingerprint density at radius 2 is 1.77 bits per heavy atom. The molecule has 1 amide bonds. The van der Waals surface area contributed by atoms with E-state index in [1.807, 2.05) is 67.3 Å². The lowest BCUT2D eigenvalue weighted by atomic mass is 10.1. The number of aromatic nitrogens is 2. The van der Waals surface area contributed by atoms with E-state index in [-0.39, 0.29) is 5.91 Å². The molecule has 0 N–H and O–H groups in total. The Morgan fingerprint density at radius 3 is 2.52 bits per heavy atom. The minimum atomic E-state index is 0.0811. The van der Waals surface area contributed by atoms with Crippen molar-refractivity contribution in [3.63, 3.8) is 0 Å². The van der Waals surface area contributed by atoms with Gasteiger partial charge < -0.3 is 9.80 Å². The molecule has 6 nitrogen and oxygen atoms in total. The summed E-state index contributed by atoms with van der Waals surface area (Å²) in [6, 6.07) is 20.1. The SMILES string of the molecule is Cc1cccc(C(=O)N2CCN(c3cc(C)c(C#N)c4nc5ccccc5n34)CC2)c1. The van der Waals surface area contributed by atoms with E-state index in [4.69, 9.17) is 4.98 Å². The molecule has 5 rings (SSSR count). The fourth-order valence-corrected chi connectivity index (χ4v) is 4.40. The summed E-state index contributed by atoms with van der Waals surface area (Å²) in [6.45, 7) is 6.72. The topological polar surface area (TPSA) is 64.6 Å². The quantitative estimate of drug-likeness (QED) is 0.503. The van der Waals surface area contributed by atoms with Crippen LogP contribution in [-0.2, 0) is 0 Å². The molecule has 6 heteroatoms. The zero-order valence-corrected chi connectivity index (χ0v) is 17.7. The maximum atomic E-state index is 12.9. The highest BCUT2D eigenvalue weighted by atomic mass is 16.2. The Balaban J connectivity index is 1.49. The summed E-state index contributed by atoms with van der Waals surface area (Å²) in [5, 5.41) is 9.71. The Hall–Kier alpha value is -3.85. The van der Waals surface area contributed by atoms with Gasteiger partial charge in [0.1, 0.15) is 11.9 Å². The molecule has 1 aliphatic heterocycles. The number of para-hydroxylation sites is 2. The number of piperazine rings is 1. The van der Waals surface area contributed by atoms with Crippen LogP contribution in [0.4, 0.5) is 5.82 Å². The van der Waals surface area contributed by atoms with Crippen LogP contribution in [0.1, 0.15) is 27.0 Å². The van der Waals surface area contributed by atoms with Crippen molar-refractivity contribution in [1.29, 1.82) is 5.26 Å². The van der Waals surface area contributed by atoms with Crippen molar-refractivity contribution >= 4 is 28.4 Å². The van der Waals surface area contributed by atoms with Crippen LogP contribution < -0.4 is 4.90 Å². The highest BCUT2D eigenvalue weighted by Crippen LogP contribution is 2.29. The number of imidazole rings is 1. The number of carbonyl (C=O) groups is 1. The molecule has 4 aromatic rings. The summed E-state index contributed by atoms with van der Waals surface area (Å²) in [4.78, 5) is 21.9. The Bertz CT molecular complexity index is 1360. The molecule has 0 bridgehead atoms. The average Bonchev–Trinajstić information content (AvgIpc) is 3.17. The van der Waals surface area contributed by atoms with E-state index in [1.54, 1.807) is 0 Å². The first-order valence-electron chi connectivity index (χ1n) is 10.5. The van der Waals surface area contributed by atoms with Gasteiger partial charge in [-0.1, -0.05) is 29.8 Å². The fraction of sp³-hybridized carbons (Fsp3) is 0.240. The number of benzene rings is 2. The minimum absolute atomic E-state index is 0.0811. The molecule has 154 valence electrons. The van der Waals surface area contributed by atoms with Crippen LogP contribution in [0, 0.1) is 25.2 Å². The van der Waals surface area contributed by atoms with Crippen LogP contribution in [0.25, 0.3) is 16.7 Å². The van der Waals surface area contributed by atoms with Crippen molar-refractivity contribution in [1.82, 2.24) is 14.3 Å². The zero-order chi connectivity index (χ0) is 21.5. The van der Waals surface area contributed by atoms with Gasteiger partial charge in [0.2, 0.25) is 0 Å². The van der Waals surface area contributed by atoms with Crippen molar-refractivity contribution < 1.29 is 4.79 Å². The standard InChI is InChI=1S/C25H23N5O/c1-17-6-5-7-19(14-17)25(31)29-12-10-28(11-13-29)23-15-18(2)20(16-26)24-27-21-8-3-4-9-22(21)30(23)24/h3-9,14-15H,10-13H2,1-2H3. The normalized spacial score (nSPS) is 14.2. The minimum Gasteiger partial charge on any atom is -0.354 e. The highest BCUT2D eigenvalue weighted by molar-refractivity contribution is 5.94. The van der Waals surface area contributed by atoms with Crippen molar-refractivity contribution in [3.05, 3.63) is 76.9 Å². The predicted molar refractivity (Wildman–Crippen MR) is 121 cm³/mol. The van der Waals surface area contributed by atoms with E-state index >= 15 is 0 Å². The Labute approximate surface area is 180 Å². The molecule has 31 heavy (non-hydrogen) atoms. The van der Waals surface area contributed by atoms with Crippen molar-refractivity contribution in [2.45, 2.75) is 13.8 Å². The predicted octanol–water partition coefficient (Wildman–Crippen LogP) is 3.94. The third-order valence-electron chi connectivity index (χ3n) is 6.02. The number of aryl methyl sites for hydroxylation is 2. The molecule has 3 heterocycles. The number of fused-ring (bicyclic) bond motifs is 3. The fourth-order valence-electron chi connectivity index (χ4n) is 4.40. The summed E-state index contributed by atoms with van der Waals surface area (Å²) in [6.07, 6.45) is 0. The number of nitriles is 1. The monoisotopic (exact) mass is 409 g/mol. The number of amides is 1. The second-order valence-corrected chi connectivity index (χ2v) is 8.08. The maximum Gasteiger partial charge on any atom is 0.253 e. The average molecular weight is 409 g/mol. The summed E-state index contributed by atoms with van der Waals surface area (Å²) >= 11 is 0. The van der Waals surface area contributed by atoms with Gasteiger partial charge in [-0.25, -0.2) is 4.98 Å². The smallest absolute Gasteiger partial charge is 0.253 e. The number of hydrogen-bond acceptors (Lipinski definition) is 4. The van der Waals surface area contributed by atoms with Crippen LogP contribution in [0.15, 0.2) is 54.6 Å². The van der Waals surface area contributed by atoms with Gasteiger partial charge in [-0.15, -0.1) is 0 Å². The first-order chi connectivity index (χ1) is 15.1. The number of carbonyl (C=O) groups excluding carboxylic acids is 1. The highest BCUT2D eigenvalue weighted by Gasteiger charge is 2.25. The van der Waals surface area contributed by atoms with Gasteiger partial charge in [-0.2, -0.15) is 5.26 Å². The summed E-state index contributed by atoms with van der Waals surface area (Å²) < 4.78 is 2.08. The molecule has 1 aliphatic rings.